The first-order valence-electron chi connectivity index (χ1n) is 3.00. The van der Waals surface area contributed by atoms with Crippen molar-refractivity contribution in [2.45, 2.75) is 13.2 Å². The standard InChI is InChI=1S/C7H8NO2/c9-4-6-2-1-3-7(5-10)8-6/h1-3,9H,4-5H2. The largest absolute Gasteiger partial charge is 0.390 e. The molecule has 1 radical (unpaired) electrons. The molecule has 0 fully saturated rings. The second kappa shape index (κ2) is 3.29. The highest BCUT2D eigenvalue weighted by molar-refractivity contribution is 5.09. The molecule has 0 spiro atoms. The molecule has 0 unspecified atom stereocenters. The summed E-state index contributed by atoms with van der Waals surface area (Å²) in [4.78, 5) is 3.85. The Morgan fingerprint density at radius 3 is 2.70 bits per heavy atom. The van der Waals surface area contributed by atoms with Crippen molar-refractivity contribution in [2.24, 2.45) is 0 Å². The summed E-state index contributed by atoms with van der Waals surface area (Å²) in [5, 5.41) is 18.8. The highest BCUT2D eigenvalue weighted by Crippen LogP contribution is 1.98. The predicted molar refractivity (Wildman–Crippen MR) is 34.6 cm³/mol. The van der Waals surface area contributed by atoms with E-state index in [9.17, 15) is 5.11 Å². The molecule has 0 atom stereocenters. The van der Waals surface area contributed by atoms with Gasteiger partial charge < -0.3 is 5.11 Å². The fourth-order valence-electron chi connectivity index (χ4n) is 0.698. The van der Waals surface area contributed by atoms with Crippen molar-refractivity contribution in [1.29, 1.82) is 0 Å². The maximum absolute atomic E-state index is 10.3. The molecule has 3 nitrogen and oxygen atoms in total. The molecule has 0 bridgehead atoms. The molecule has 1 rings (SSSR count). The summed E-state index contributed by atoms with van der Waals surface area (Å²) in [7, 11) is 0. The molecule has 1 aromatic heterocycles. The van der Waals surface area contributed by atoms with E-state index in [1.54, 1.807) is 18.2 Å². The van der Waals surface area contributed by atoms with E-state index in [1.165, 1.54) is 0 Å². The summed E-state index contributed by atoms with van der Waals surface area (Å²) in [5.74, 6) is 0. The molecule has 1 heterocycles. The Balaban J connectivity index is 2.87. The fourth-order valence-corrected chi connectivity index (χ4v) is 0.698. The molecular formula is C7H8NO2. The van der Waals surface area contributed by atoms with Gasteiger partial charge in [0.1, 0.15) is 6.61 Å². The van der Waals surface area contributed by atoms with Crippen molar-refractivity contribution in [3.05, 3.63) is 29.6 Å². The smallest absolute Gasteiger partial charge is 0.124 e. The number of nitrogens with zero attached hydrogens (tertiary/aromatic N) is 1. The fraction of sp³-hybridized carbons (Fsp3) is 0.286. The third kappa shape index (κ3) is 1.52. The molecule has 0 aliphatic heterocycles. The van der Waals surface area contributed by atoms with Gasteiger partial charge >= 0.3 is 0 Å². The highest BCUT2D eigenvalue weighted by atomic mass is 16.3. The van der Waals surface area contributed by atoms with Gasteiger partial charge in [-0.05, 0) is 12.1 Å². The van der Waals surface area contributed by atoms with Crippen LogP contribution in [0, 0.1) is 0 Å². The van der Waals surface area contributed by atoms with Crippen LogP contribution < -0.4 is 0 Å². The van der Waals surface area contributed by atoms with E-state index in [0.717, 1.165) is 0 Å². The number of aliphatic hydroxyl groups is 1. The third-order valence-corrected chi connectivity index (χ3v) is 1.17. The van der Waals surface area contributed by atoms with E-state index < -0.39 is 0 Å². The van der Waals surface area contributed by atoms with Crippen LogP contribution >= 0.6 is 0 Å². The summed E-state index contributed by atoms with van der Waals surface area (Å²) >= 11 is 0. The maximum atomic E-state index is 10.3. The van der Waals surface area contributed by atoms with Gasteiger partial charge in [0.15, 0.2) is 0 Å². The number of aromatic nitrogens is 1. The lowest BCUT2D eigenvalue weighted by Gasteiger charge is -1.95. The highest BCUT2D eigenvalue weighted by Gasteiger charge is 1.93. The Labute approximate surface area is 59.0 Å². The first kappa shape index (κ1) is 7.18. The van der Waals surface area contributed by atoms with Gasteiger partial charge in [-0.15, -0.1) is 0 Å². The van der Waals surface area contributed by atoms with Crippen molar-refractivity contribution in [1.82, 2.24) is 4.98 Å². The first-order valence-corrected chi connectivity index (χ1v) is 3.00. The second-order valence-electron chi connectivity index (χ2n) is 1.92. The molecule has 0 saturated heterocycles. The lowest BCUT2D eigenvalue weighted by Crippen LogP contribution is -1.93. The molecular weight excluding hydrogens is 130 g/mol. The summed E-state index contributed by atoms with van der Waals surface area (Å²) < 4.78 is 0. The molecule has 0 amide bonds. The quantitative estimate of drug-likeness (QED) is 0.647. The van der Waals surface area contributed by atoms with Gasteiger partial charge in [0.2, 0.25) is 0 Å². The monoisotopic (exact) mass is 138 g/mol. The number of aliphatic hydroxyl groups excluding tert-OH is 1. The zero-order chi connectivity index (χ0) is 7.40. The van der Waals surface area contributed by atoms with Gasteiger partial charge in [-0.3, -0.25) is 4.98 Å². The summed E-state index contributed by atoms with van der Waals surface area (Å²) in [6.07, 6.45) is 0. The van der Waals surface area contributed by atoms with Crippen molar-refractivity contribution in [3.8, 4) is 0 Å². The van der Waals surface area contributed by atoms with Gasteiger partial charge in [-0.1, -0.05) is 6.07 Å². The van der Waals surface area contributed by atoms with Gasteiger partial charge in [-0.2, -0.15) is 0 Å². The Morgan fingerprint density at radius 1 is 1.40 bits per heavy atom. The van der Waals surface area contributed by atoms with Crippen molar-refractivity contribution >= 4 is 0 Å². The van der Waals surface area contributed by atoms with E-state index in [2.05, 4.69) is 4.98 Å². The second-order valence-corrected chi connectivity index (χ2v) is 1.92. The van der Waals surface area contributed by atoms with Crippen LogP contribution in [0.15, 0.2) is 18.2 Å². The predicted octanol–water partition coefficient (Wildman–Crippen LogP) is 0.504. The number of hydrogen-bond donors (Lipinski definition) is 1. The van der Waals surface area contributed by atoms with Crippen molar-refractivity contribution < 1.29 is 10.2 Å². The SMILES string of the molecule is [O]Cc1cccc(CO)n1. The van der Waals surface area contributed by atoms with Crippen molar-refractivity contribution in [2.75, 3.05) is 0 Å². The molecule has 1 N–H and O–H groups in total. The molecule has 3 heteroatoms. The summed E-state index contributed by atoms with van der Waals surface area (Å²) in [6, 6.07) is 5.04. The van der Waals surface area contributed by atoms with Crippen LogP contribution in [-0.4, -0.2) is 10.1 Å². The average Bonchev–Trinajstić information content (AvgIpc) is 2.05. The molecule has 0 aliphatic rings. The Kier molecular flexibility index (Phi) is 2.36. The molecule has 1 aromatic rings. The van der Waals surface area contributed by atoms with E-state index in [4.69, 9.17) is 5.11 Å². The van der Waals surface area contributed by atoms with E-state index >= 15 is 0 Å². The molecule has 0 aliphatic carbocycles. The Morgan fingerprint density at radius 2 is 2.10 bits per heavy atom. The van der Waals surface area contributed by atoms with Crippen LogP contribution in [0.2, 0.25) is 0 Å². The Bertz CT molecular complexity index is 193. The Hall–Kier alpha value is -0.930. The minimum absolute atomic E-state index is 0.103. The van der Waals surface area contributed by atoms with Crippen LogP contribution in [0.5, 0.6) is 0 Å². The van der Waals surface area contributed by atoms with E-state index in [-0.39, 0.29) is 13.2 Å². The van der Waals surface area contributed by atoms with Crippen LogP contribution in [0.4, 0.5) is 0 Å². The number of hydrogen-bond acceptors (Lipinski definition) is 2. The molecule has 53 valence electrons. The molecule has 10 heavy (non-hydrogen) atoms. The molecule has 0 aromatic carbocycles. The lowest BCUT2D eigenvalue weighted by molar-refractivity contribution is 0.173. The third-order valence-electron chi connectivity index (χ3n) is 1.17. The molecule has 0 saturated carbocycles. The van der Waals surface area contributed by atoms with E-state index in [0.29, 0.717) is 11.4 Å². The van der Waals surface area contributed by atoms with Crippen LogP contribution in [-0.2, 0) is 18.3 Å². The normalized spacial score (nSPS) is 9.80. The van der Waals surface area contributed by atoms with Gasteiger partial charge in [0.05, 0.1) is 18.0 Å². The zero-order valence-electron chi connectivity index (χ0n) is 5.45. The topological polar surface area (TPSA) is 53.0 Å². The summed E-state index contributed by atoms with van der Waals surface area (Å²) in [5.41, 5.74) is 1.03. The van der Waals surface area contributed by atoms with Crippen LogP contribution in [0.1, 0.15) is 11.4 Å². The average molecular weight is 138 g/mol. The van der Waals surface area contributed by atoms with Crippen LogP contribution in [0.3, 0.4) is 0 Å². The minimum Gasteiger partial charge on any atom is -0.390 e. The van der Waals surface area contributed by atoms with Crippen LogP contribution in [0.25, 0.3) is 0 Å². The maximum Gasteiger partial charge on any atom is 0.124 e. The van der Waals surface area contributed by atoms with E-state index in [1.807, 2.05) is 0 Å². The van der Waals surface area contributed by atoms with Gasteiger partial charge in [0.25, 0.3) is 0 Å². The summed E-state index contributed by atoms with van der Waals surface area (Å²) in [6.45, 7) is -0.429. The number of rotatable bonds is 2. The number of pyridine rings is 1. The lowest BCUT2D eigenvalue weighted by atomic mass is 10.3. The zero-order valence-corrected chi connectivity index (χ0v) is 5.45. The first-order chi connectivity index (χ1) is 4.86. The van der Waals surface area contributed by atoms with Crippen molar-refractivity contribution in [3.63, 3.8) is 0 Å². The minimum atomic E-state index is -0.326. The van der Waals surface area contributed by atoms with Gasteiger partial charge in [-0.25, -0.2) is 5.11 Å². The van der Waals surface area contributed by atoms with Gasteiger partial charge in [0, 0.05) is 0 Å².